The van der Waals surface area contributed by atoms with Crippen LogP contribution in [0.15, 0.2) is 24.3 Å². The van der Waals surface area contributed by atoms with E-state index < -0.39 is 11.7 Å². The van der Waals surface area contributed by atoms with Gasteiger partial charge in [0.25, 0.3) is 11.8 Å². The second kappa shape index (κ2) is 5.31. The number of ether oxygens (including phenoxy) is 1. The third-order valence-electron chi connectivity index (χ3n) is 5.21. The molecule has 0 saturated heterocycles. The number of amides is 3. The summed E-state index contributed by atoms with van der Waals surface area (Å²) in [7, 11) is 0. The first kappa shape index (κ1) is 16.1. The van der Waals surface area contributed by atoms with E-state index in [0.717, 1.165) is 12.8 Å². The van der Waals surface area contributed by atoms with Crippen molar-refractivity contribution in [3.05, 3.63) is 35.4 Å². The monoisotopic (exact) mass is 342 g/mol. The standard InChI is InChI=1S/C19H22N2O4/c1-19(2,3)25-18(24)20-14-9-10-8-13(10)15(14)21-16(22)11-6-4-5-7-12(11)17(21)23/h4-7,10,13-15H,8-9H2,1-3H3,(H,20,24)/t10-,13?,14+,15-/m1/s1. The Labute approximate surface area is 146 Å². The van der Waals surface area contributed by atoms with Crippen molar-refractivity contribution >= 4 is 17.9 Å². The van der Waals surface area contributed by atoms with Gasteiger partial charge in [-0.05, 0) is 57.6 Å². The van der Waals surface area contributed by atoms with E-state index in [1.807, 2.05) is 0 Å². The number of imide groups is 1. The van der Waals surface area contributed by atoms with Crippen LogP contribution < -0.4 is 5.32 Å². The molecule has 1 heterocycles. The maximum absolute atomic E-state index is 12.8. The maximum atomic E-state index is 12.8. The van der Waals surface area contributed by atoms with Crippen LogP contribution >= 0.6 is 0 Å². The van der Waals surface area contributed by atoms with E-state index in [1.165, 1.54) is 4.90 Å². The minimum atomic E-state index is -0.587. The fourth-order valence-electron chi connectivity index (χ4n) is 4.18. The second-order valence-corrected chi connectivity index (χ2v) is 8.16. The van der Waals surface area contributed by atoms with E-state index >= 15 is 0 Å². The highest BCUT2D eigenvalue weighted by Crippen LogP contribution is 2.54. The molecule has 1 aromatic carbocycles. The molecule has 0 bridgehead atoms. The first-order valence-corrected chi connectivity index (χ1v) is 8.73. The van der Waals surface area contributed by atoms with Crippen molar-refractivity contribution in [1.29, 1.82) is 0 Å². The van der Waals surface area contributed by atoms with Crippen LogP contribution in [0.3, 0.4) is 0 Å². The van der Waals surface area contributed by atoms with Crippen molar-refractivity contribution in [2.75, 3.05) is 0 Å². The highest BCUT2D eigenvalue weighted by molar-refractivity contribution is 6.21. The van der Waals surface area contributed by atoms with Crippen LogP contribution in [0.4, 0.5) is 4.79 Å². The predicted octanol–water partition coefficient (Wildman–Crippen LogP) is 2.58. The summed E-state index contributed by atoms with van der Waals surface area (Å²) in [5.41, 5.74) is 0.316. The third-order valence-corrected chi connectivity index (χ3v) is 5.21. The van der Waals surface area contributed by atoms with E-state index in [9.17, 15) is 14.4 Å². The summed E-state index contributed by atoms with van der Waals surface area (Å²) in [5, 5.41) is 2.88. The lowest BCUT2D eigenvalue weighted by atomic mass is 10.0. The average molecular weight is 342 g/mol. The first-order valence-electron chi connectivity index (χ1n) is 8.73. The zero-order valence-electron chi connectivity index (χ0n) is 14.6. The Hall–Kier alpha value is -2.37. The lowest BCUT2D eigenvalue weighted by Crippen LogP contribution is -2.53. The number of fused-ring (bicyclic) bond motifs is 2. The Morgan fingerprint density at radius 1 is 1.12 bits per heavy atom. The highest BCUT2D eigenvalue weighted by Gasteiger charge is 2.59. The van der Waals surface area contributed by atoms with Crippen LogP contribution in [0.5, 0.6) is 0 Å². The molecule has 2 aliphatic carbocycles. The molecule has 25 heavy (non-hydrogen) atoms. The van der Waals surface area contributed by atoms with Crippen LogP contribution in [-0.2, 0) is 4.74 Å². The molecule has 0 radical (unpaired) electrons. The molecule has 132 valence electrons. The quantitative estimate of drug-likeness (QED) is 0.838. The molecule has 6 nitrogen and oxygen atoms in total. The molecule has 4 atom stereocenters. The van der Waals surface area contributed by atoms with Crippen molar-refractivity contribution in [3.8, 4) is 0 Å². The molecule has 2 fully saturated rings. The zero-order valence-corrected chi connectivity index (χ0v) is 14.6. The topological polar surface area (TPSA) is 75.7 Å². The molecule has 0 aromatic heterocycles. The van der Waals surface area contributed by atoms with Gasteiger partial charge in [0.1, 0.15) is 5.60 Å². The predicted molar refractivity (Wildman–Crippen MR) is 90.1 cm³/mol. The average Bonchev–Trinajstić information content (AvgIpc) is 3.12. The van der Waals surface area contributed by atoms with Crippen LogP contribution in [0.2, 0.25) is 0 Å². The van der Waals surface area contributed by atoms with Crippen molar-refractivity contribution in [2.24, 2.45) is 11.8 Å². The molecule has 1 N–H and O–H groups in total. The van der Waals surface area contributed by atoms with Gasteiger partial charge >= 0.3 is 6.09 Å². The van der Waals surface area contributed by atoms with Crippen LogP contribution in [0.25, 0.3) is 0 Å². The van der Waals surface area contributed by atoms with E-state index in [0.29, 0.717) is 17.0 Å². The molecular formula is C19H22N2O4. The van der Waals surface area contributed by atoms with Gasteiger partial charge in [0.15, 0.2) is 0 Å². The van der Waals surface area contributed by atoms with Gasteiger partial charge in [0.2, 0.25) is 0 Å². The Morgan fingerprint density at radius 2 is 1.72 bits per heavy atom. The molecule has 6 heteroatoms. The number of nitrogens with one attached hydrogen (secondary N) is 1. The van der Waals surface area contributed by atoms with E-state index in [4.69, 9.17) is 4.74 Å². The number of hydrogen-bond acceptors (Lipinski definition) is 4. The molecule has 2 saturated carbocycles. The summed E-state index contributed by atoms with van der Waals surface area (Å²) in [6.45, 7) is 5.42. The summed E-state index contributed by atoms with van der Waals surface area (Å²) in [6.07, 6.45) is 1.28. The number of nitrogens with zero attached hydrogens (tertiary/aromatic N) is 1. The number of hydrogen-bond donors (Lipinski definition) is 1. The fraction of sp³-hybridized carbons (Fsp3) is 0.526. The maximum Gasteiger partial charge on any atom is 0.407 e. The molecule has 0 spiro atoms. The third kappa shape index (κ3) is 2.69. The lowest BCUT2D eigenvalue weighted by Gasteiger charge is -2.31. The minimum absolute atomic E-state index is 0.249. The second-order valence-electron chi connectivity index (χ2n) is 8.16. The molecule has 1 aliphatic heterocycles. The fourth-order valence-corrected chi connectivity index (χ4v) is 4.18. The molecule has 4 rings (SSSR count). The normalized spacial score (nSPS) is 30.1. The Morgan fingerprint density at radius 3 is 2.28 bits per heavy atom. The summed E-state index contributed by atoms with van der Waals surface area (Å²) < 4.78 is 5.34. The Kier molecular flexibility index (Phi) is 3.42. The lowest BCUT2D eigenvalue weighted by molar-refractivity contribution is 0.0413. The van der Waals surface area contributed by atoms with Gasteiger partial charge in [-0.2, -0.15) is 0 Å². The van der Waals surface area contributed by atoms with Gasteiger partial charge in [0, 0.05) is 0 Å². The smallest absolute Gasteiger partial charge is 0.407 e. The van der Waals surface area contributed by atoms with E-state index in [1.54, 1.807) is 45.0 Å². The van der Waals surface area contributed by atoms with Crippen molar-refractivity contribution in [2.45, 2.75) is 51.3 Å². The Balaban J connectivity index is 1.56. The SMILES string of the molecule is CC(C)(C)OC(=O)N[C@H]1C[C@H]2CC2[C@H]1N1C(=O)c2ccccc2C1=O. The molecule has 3 aliphatic rings. The number of benzene rings is 1. The summed E-state index contributed by atoms with van der Waals surface area (Å²) in [5.74, 6) is 0.236. The number of alkyl carbamates (subject to hydrolysis) is 1. The van der Waals surface area contributed by atoms with Crippen LogP contribution in [-0.4, -0.2) is 40.5 Å². The molecular weight excluding hydrogens is 320 g/mol. The number of carbonyl (C=O) groups excluding carboxylic acids is 3. The van der Waals surface area contributed by atoms with Crippen LogP contribution in [0.1, 0.15) is 54.3 Å². The van der Waals surface area contributed by atoms with E-state index in [-0.39, 0.29) is 29.8 Å². The van der Waals surface area contributed by atoms with E-state index in [2.05, 4.69) is 5.32 Å². The van der Waals surface area contributed by atoms with Gasteiger partial charge < -0.3 is 10.1 Å². The Bertz CT molecular complexity index is 732. The van der Waals surface area contributed by atoms with Crippen molar-refractivity contribution < 1.29 is 19.1 Å². The summed E-state index contributed by atoms with van der Waals surface area (Å²) in [6, 6.07) is 6.36. The molecule has 1 aromatic rings. The highest BCUT2D eigenvalue weighted by atomic mass is 16.6. The first-order chi connectivity index (χ1) is 11.8. The number of rotatable bonds is 2. The molecule has 1 unspecified atom stereocenters. The van der Waals surface area contributed by atoms with Gasteiger partial charge in [-0.15, -0.1) is 0 Å². The minimum Gasteiger partial charge on any atom is -0.444 e. The summed E-state index contributed by atoms with van der Waals surface area (Å²) >= 11 is 0. The van der Waals surface area contributed by atoms with Crippen molar-refractivity contribution in [3.63, 3.8) is 0 Å². The summed E-state index contributed by atoms with van der Waals surface area (Å²) in [4.78, 5) is 39.1. The number of carbonyl (C=O) groups is 3. The van der Waals surface area contributed by atoms with Gasteiger partial charge in [-0.25, -0.2) is 4.79 Å². The van der Waals surface area contributed by atoms with Gasteiger partial charge in [-0.1, -0.05) is 12.1 Å². The van der Waals surface area contributed by atoms with Gasteiger partial charge in [-0.3, -0.25) is 14.5 Å². The zero-order chi connectivity index (χ0) is 17.9. The van der Waals surface area contributed by atoms with Crippen molar-refractivity contribution in [1.82, 2.24) is 10.2 Å². The molecule has 3 amide bonds. The largest absolute Gasteiger partial charge is 0.444 e. The van der Waals surface area contributed by atoms with Gasteiger partial charge in [0.05, 0.1) is 23.2 Å². The van der Waals surface area contributed by atoms with Crippen LogP contribution in [0, 0.1) is 11.8 Å².